The van der Waals surface area contributed by atoms with Crippen molar-refractivity contribution >= 4 is 45.7 Å². The molecule has 7 heteroatoms. The predicted octanol–water partition coefficient (Wildman–Crippen LogP) is 5.52. The van der Waals surface area contributed by atoms with Gasteiger partial charge in [-0.1, -0.05) is 36.4 Å². The highest BCUT2D eigenvalue weighted by molar-refractivity contribution is 14.1. The zero-order valence-corrected chi connectivity index (χ0v) is 17.8. The lowest BCUT2D eigenvalue weighted by Gasteiger charge is -2.09. The Balaban J connectivity index is 1.37. The number of amides is 1. The molecule has 4 aromatic rings. The summed E-state index contributed by atoms with van der Waals surface area (Å²) in [6.07, 6.45) is 1.53. The first-order valence-corrected chi connectivity index (χ1v) is 10.2. The van der Waals surface area contributed by atoms with Crippen molar-refractivity contribution in [2.75, 3.05) is 0 Å². The molecule has 1 heterocycles. The van der Waals surface area contributed by atoms with Gasteiger partial charge in [0.2, 0.25) is 0 Å². The van der Waals surface area contributed by atoms with Gasteiger partial charge in [0.1, 0.15) is 23.8 Å². The van der Waals surface area contributed by atoms with Crippen LogP contribution in [0.15, 0.2) is 82.3 Å². The molecule has 0 aliphatic carbocycles. The molecule has 1 amide bonds. The van der Waals surface area contributed by atoms with E-state index in [-0.39, 0.29) is 18.2 Å². The minimum absolute atomic E-state index is 0.143. The molecule has 4 rings (SSSR count). The second kappa shape index (κ2) is 9.08. The predicted molar refractivity (Wildman–Crippen MR) is 121 cm³/mol. The van der Waals surface area contributed by atoms with Crippen LogP contribution in [0.1, 0.15) is 21.7 Å². The number of hydrazone groups is 1. The van der Waals surface area contributed by atoms with E-state index in [1.54, 1.807) is 42.5 Å². The fourth-order valence-electron chi connectivity index (χ4n) is 2.80. The summed E-state index contributed by atoms with van der Waals surface area (Å²) in [5.74, 6) is 0.112. The maximum Gasteiger partial charge on any atom is 0.307 e. The number of furan rings is 1. The van der Waals surface area contributed by atoms with Gasteiger partial charge in [0.15, 0.2) is 5.76 Å². The Morgan fingerprint density at radius 3 is 2.70 bits per heavy atom. The van der Waals surface area contributed by atoms with Crippen molar-refractivity contribution in [2.24, 2.45) is 5.10 Å². The van der Waals surface area contributed by atoms with Crippen LogP contribution in [0.4, 0.5) is 4.39 Å². The Morgan fingerprint density at radius 2 is 1.90 bits per heavy atom. The van der Waals surface area contributed by atoms with Crippen LogP contribution in [0, 0.1) is 9.39 Å². The van der Waals surface area contributed by atoms with E-state index in [1.807, 2.05) is 24.3 Å². The highest BCUT2D eigenvalue weighted by Crippen LogP contribution is 2.23. The number of hydrogen-bond acceptors (Lipinski definition) is 4. The molecule has 3 aromatic carbocycles. The largest absolute Gasteiger partial charge is 0.488 e. The highest BCUT2D eigenvalue weighted by Gasteiger charge is 2.11. The number of hydrogen-bond donors (Lipinski definition) is 1. The number of para-hydroxylation sites is 1. The second-order valence-electron chi connectivity index (χ2n) is 6.42. The SMILES string of the molecule is O=C(N/N=C/c1ccc(OCc2ccccc2F)c(I)c1)c1cc2ccccc2o1. The van der Waals surface area contributed by atoms with E-state index >= 15 is 0 Å². The summed E-state index contributed by atoms with van der Waals surface area (Å²) in [5, 5.41) is 4.84. The zero-order valence-electron chi connectivity index (χ0n) is 15.6. The topological polar surface area (TPSA) is 63.8 Å². The molecule has 30 heavy (non-hydrogen) atoms. The summed E-state index contributed by atoms with van der Waals surface area (Å²) in [6, 6.07) is 21.0. The Labute approximate surface area is 185 Å². The number of nitrogens with zero attached hydrogens (tertiary/aromatic N) is 1. The van der Waals surface area contributed by atoms with E-state index in [1.165, 1.54) is 12.3 Å². The summed E-state index contributed by atoms with van der Waals surface area (Å²) < 4.78 is 25.8. The van der Waals surface area contributed by atoms with Crippen molar-refractivity contribution in [1.82, 2.24) is 5.43 Å². The van der Waals surface area contributed by atoms with Gasteiger partial charge in [-0.25, -0.2) is 9.82 Å². The van der Waals surface area contributed by atoms with E-state index < -0.39 is 5.91 Å². The normalized spacial score (nSPS) is 11.1. The third kappa shape index (κ3) is 4.68. The van der Waals surface area contributed by atoms with Crippen LogP contribution < -0.4 is 10.2 Å². The average molecular weight is 514 g/mol. The van der Waals surface area contributed by atoms with Gasteiger partial charge in [0, 0.05) is 10.9 Å². The summed E-state index contributed by atoms with van der Waals surface area (Å²) in [5.41, 5.74) is 4.38. The van der Waals surface area contributed by atoms with E-state index in [0.717, 1.165) is 14.5 Å². The van der Waals surface area contributed by atoms with Crippen molar-refractivity contribution in [1.29, 1.82) is 0 Å². The molecule has 0 fully saturated rings. The van der Waals surface area contributed by atoms with Gasteiger partial charge >= 0.3 is 5.91 Å². The van der Waals surface area contributed by atoms with Crippen LogP contribution in [0.25, 0.3) is 11.0 Å². The van der Waals surface area contributed by atoms with Crippen molar-refractivity contribution < 1.29 is 18.3 Å². The van der Waals surface area contributed by atoms with Gasteiger partial charge in [-0.15, -0.1) is 0 Å². The Bertz CT molecular complexity index is 1200. The molecule has 0 atom stereocenters. The average Bonchev–Trinajstić information content (AvgIpc) is 3.19. The number of rotatable bonds is 6. The van der Waals surface area contributed by atoms with Gasteiger partial charge < -0.3 is 9.15 Å². The van der Waals surface area contributed by atoms with Crippen LogP contribution in [-0.4, -0.2) is 12.1 Å². The lowest BCUT2D eigenvalue weighted by Crippen LogP contribution is -2.16. The van der Waals surface area contributed by atoms with E-state index in [0.29, 0.717) is 16.9 Å². The minimum Gasteiger partial charge on any atom is -0.488 e. The second-order valence-corrected chi connectivity index (χ2v) is 7.58. The van der Waals surface area contributed by atoms with Crippen LogP contribution in [0.3, 0.4) is 0 Å². The van der Waals surface area contributed by atoms with Gasteiger partial charge in [-0.05, 0) is 64.6 Å². The molecule has 0 spiro atoms. The number of benzene rings is 3. The summed E-state index contributed by atoms with van der Waals surface area (Å²) >= 11 is 2.14. The van der Waals surface area contributed by atoms with Crippen LogP contribution in [0.2, 0.25) is 0 Å². The number of fused-ring (bicyclic) bond motifs is 1. The number of ether oxygens (including phenoxy) is 1. The monoisotopic (exact) mass is 514 g/mol. The van der Waals surface area contributed by atoms with E-state index in [4.69, 9.17) is 9.15 Å². The molecule has 0 unspecified atom stereocenters. The molecular formula is C23H16FIN2O3. The summed E-state index contributed by atoms with van der Waals surface area (Å²) in [4.78, 5) is 12.2. The first-order chi connectivity index (χ1) is 14.6. The molecule has 1 N–H and O–H groups in total. The lowest BCUT2D eigenvalue weighted by molar-refractivity contribution is 0.0929. The van der Waals surface area contributed by atoms with Gasteiger partial charge in [0.05, 0.1) is 9.78 Å². The molecule has 0 aliphatic rings. The molecular weight excluding hydrogens is 498 g/mol. The number of halogens is 2. The van der Waals surface area contributed by atoms with Gasteiger partial charge in [-0.2, -0.15) is 5.10 Å². The van der Waals surface area contributed by atoms with E-state index in [2.05, 4.69) is 33.1 Å². The molecule has 1 aromatic heterocycles. The van der Waals surface area contributed by atoms with Crippen LogP contribution >= 0.6 is 22.6 Å². The third-order valence-electron chi connectivity index (χ3n) is 4.33. The smallest absolute Gasteiger partial charge is 0.307 e. The van der Waals surface area contributed by atoms with Crippen molar-refractivity contribution in [3.05, 3.63) is 99.1 Å². The number of nitrogens with one attached hydrogen (secondary N) is 1. The highest BCUT2D eigenvalue weighted by atomic mass is 127. The van der Waals surface area contributed by atoms with Crippen molar-refractivity contribution in [2.45, 2.75) is 6.61 Å². The number of carbonyl (C=O) groups excluding carboxylic acids is 1. The van der Waals surface area contributed by atoms with Gasteiger partial charge in [0.25, 0.3) is 0 Å². The summed E-state index contributed by atoms with van der Waals surface area (Å²) in [7, 11) is 0. The third-order valence-corrected chi connectivity index (χ3v) is 5.17. The standard InChI is InChI=1S/C23H16FIN2O3/c24-18-7-3-1-6-17(18)14-29-21-10-9-15(11-19(21)25)13-26-27-23(28)22-12-16-5-2-4-8-20(16)30-22/h1-13H,14H2,(H,27,28)/b26-13+. The molecule has 150 valence electrons. The molecule has 0 saturated carbocycles. The quantitative estimate of drug-likeness (QED) is 0.210. The first kappa shape index (κ1) is 20.1. The van der Waals surface area contributed by atoms with Crippen LogP contribution in [-0.2, 0) is 6.61 Å². The van der Waals surface area contributed by atoms with Crippen molar-refractivity contribution in [3.63, 3.8) is 0 Å². The zero-order chi connectivity index (χ0) is 20.9. The maximum absolute atomic E-state index is 13.7. The fraction of sp³-hybridized carbons (Fsp3) is 0.0435. The van der Waals surface area contributed by atoms with Crippen molar-refractivity contribution in [3.8, 4) is 5.75 Å². The maximum atomic E-state index is 13.7. The molecule has 0 aliphatic heterocycles. The number of carbonyl (C=O) groups is 1. The van der Waals surface area contributed by atoms with Gasteiger partial charge in [-0.3, -0.25) is 4.79 Å². The molecule has 0 saturated heterocycles. The van der Waals surface area contributed by atoms with Crippen LogP contribution in [0.5, 0.6) is 5.75 Å². The Hall–Kier alpha value is -3.20. The molecule has 5 nitrogen and oxygen atoms in total. The lowest BCUT2D eigenvalue weighted by atomic mass is 10.2. The first-order valence-electron chi connectivity index (χ1n) is 9.08. The minimum atomic E-state index is -0.429. The fourth-order valence-corrected chi connectivity index (χ4v) is 3.49. The Kier molecular flexibility index (Phi) is 6.08. The molecule has 0 bridgehead atoms. The van der Waals surface area contributed by atoms with E-state index in [9.17, 15) is 9.18 Å². The molecule has 0 radical (unpaired) electrons. The Morgan fingerprint density at radius 1 is 1.10 bits per heavy atom. The summed E-state index contributed by atoms with van der Waals surface area (Å²) in [6.45, 7) is 0.143.